The number of amides is 5. The number of nitrogens with one attached hydrogen (secondary N) is 2. The fourth-order valence-electron chi connectivity index (χ4n) is 6.14. The van der Waals surface area contributed by atoms with Crippen LogP contribution in [0.1, 0.15) is 43.4 Å². The molecule has 264 valence electrons. The number of hydrogen-bond donors (Lipinski definition) is 2. The Bertz CT molecular complexity index is 1990. The quantitative estimate of drug-likeness (QED) is 0.138. The Balaban J connectivity index is 1.17. The van der Waals surface area contributed by atoms with Crippen LogP contribution in [0, 0.1) is 0 Å². The van der Waals surface area contributed by atoms with Crippen molar-refractivity contribution >= 4 is 46.9 Å². The lowest BCUT2D eigenvalue weighted by atomic mass is 9.98. The highest BCUT2D eigenvalue weighted by Crippen LogP contribution is 2.44. The van der Waals surface area contributed by atoms with E-state index in [9.17, 15) is 32.3 Å². The Morgan fingerprint density at radius 3 is 2.25 bits per heavy atom. The van der Waals surface area contributed by atoms with Gasteiger partial charge in [0.15, 0.2) is 5.75 Å². The molecular weight excluding hydrogens is 691 g/mol. The average Bonchev–Trinajstić information content (AvgIpc) is 3.47. The van der Waals surface area contributed by atoms with Crippen LogP contribution in [-0.4, -0.2) is 58.4 Å². The second-order valence-electron chi connectivity index (χ2n) is 12.5. The van der Waals surface area contributed by atoms with E-state index < -0.39 is 53.3 Å². The Morgan fingerprint density at radius 1 is 0.980 bits per heavy atom. The van der Waals surface area contributed by atoms with Crippen molar-refractivity contribution in [3.63, 3.8) is 0 Å². The number of hydrogen-bond acceptors (Lipinski definition) is 7. The predicted molar refractivity (Wildman–Crippen MR) is 181 cm³/mol. The smallest absolute Gasteiger partial charge is 0.449 e. The lowest BCUT2D eigenvalue weighted by molar-refractivity contribution is -0.274. The topological polar surface area (TPSA) is 130 Å². The van der Waals surface area contributed by atoms with E-state index in [2.05, 4.69) is 20.4 Å². The number of nitrogens with zero attached hydrogens (tertiary/aromatic N) is 3. The zero-order valence-electron chi connectivity index (χ0n) is 27.5. The number of ether oxygens (including phenoxy) is 2. The summed E-state index contributed by atoms with van der Waals surface area (Å²) in [5.74, 6) is -2.64. The average molecular weight is 722 g/mol. The molecule has 1 aromatic heterocycles. The summed E-state index contributed by atoms with van der Waals surface area (Å²) in [5, 5.41) is 4.89. The fourth-order valence-corrected chi connectivity index (χ4v) is 6.34. The number of alkyl carbamates (subject to hydrolysis) is 1. The number of fused-ring (bicyclic) bond motifs is 3. The van der Waals surface area contributed by atoms with Crippen molar-refractivity contribution in [3.05, 3.63) is 107 Å². The molecule has 51 heavy (non-hydrogen) atoms. The van der Waals surface area contributed by atoms with Crippen LogP contribution in [0.2, 0.25) is 5.15 Å². The number of alkyl halides is 3. The van der Waals surface area contributed by atoms with Crippen LogP contribution in [-0.2, 0) is 20.9 Å². The number of pyridine rings is 1. The van der Waals surface area contributed by atoms with E-state index in [1.807, 2.05) is 48.5 Å². The van der Waals surface area contributed by atoms with Crippen molar-refractivity contribution in [1.29, 1.82) is 0 Å². The number of urea groups is 1. The first-order chi connectivity index (χ1) is 24.1. The standard InChI is InChI=1S/C36H31ClF3N5O6/c1-20(42-33(48)50-19-27-25-10-6-4-8-23(25)24-9-5-7-11-26(24)27)31(46)43-28-17-22(12-13-29(28)51-36(38,39)40)45-32(47)35(2,3)44(34(45)49)18-21-14-15-41-30(37)16-21/h4-17,20,27H,18-19H2,1-3H3,(H,42,48)(H,43,46). The molecule has 2 heterocycles. The second kappa shape index (κ2) is 13.6. The molecule has 0 bridgehead atoms. The molecule has 5 amide bonds. The minimum absolute atomic E-state index is 0.0196. The molecule has 3 aromatic carbocycles. The van der Waals surface area contributed by atoms with Crippen LogP contribution in [0.25, 0.3) is 11.1 Å². The Hall–Kier alpha value is -5.63. The molecule has 2 N–H and O–H groups in total. The molecule has 1 aliphatic carbocycles. The molecule has 1 fully saturated rings. The lowest BCUT2D eigenvalue weighted by Crippen LogP contribution is -2.43. The van der Waals surface area contributed by atoms with Gasteiger partial charge in [0.25, 0.3) is 5.91 Å². The highest BCUT2D eigenvalue weighted by molar-refractivity contribution is 6.29. The maximum Gasteiger partial charge on any atom is 0.573 e. The van der Waals surface area contributed by atoms with E-state index in [0.717, 1.165) is 45.4 Å². The van der Waals surface area contributed by atoms with Gasteiger partial charge in [-0.15, -0.1) is 13.2 Å². The number of anilines is 2. The van der Waals surface area contributed by atoms with E-state index in [4.69, 9.17) is 16.3 Å². The highest BCUT2D eigenvalue weighted by Gasteiger charge is 2.52. The normalized spacial score (nSPS) is 15.7. The zero-order chi connectivity index (χ0) is 36.7. The summed E-state index contributed by atoms with van der Waals surface area (Å²) in [4.78, 5) is 59.2. The summed E-state index contributed by atoms with van der Waals surface area (Å²) in [6, 6.07) is 19.6. The van der Waals surface area contributed by atoms with Gasteiger partial charge in [0, 0.05) is 18.7 Å². The first-order valence-corrected chi connectivity index (χ1v) is 16.1. The number of benzene rings is 3. The maximum absolute atomic E-state index is 13.6. The molecule has 2 aliphatic rings. The van der Waals surface area contributed by atoms with Gasteiger partial charge in [-0.2, -0.15) is 0 Å². The largest absolute Gasteiger partial charge is 0.573 e. The summed E-state index contributed by atoms with van der Waals surface area (Å²) < 4.78 is 49.7. The Labute approximate surface area is 295 Å². The van der Waals surface area contributed by atoms with Crippen LogP contribution in [0.5, 0.6) is 5.75 Å². The van der Waals surface area contributed by atoms with Crippen molar-refractivity contribution in [2.75, 3.05) is 16.8 Å². The molecule has 15 heteroatoms. The lowest BCUT2D eigenvalue weighted by Gasteiger charge is -2.27. The molecule has 1 saturated heterocycles. The summed E-state index contributed by atoms with van der Waals surface area (Å²) in [6.07, 6.45) is -4.62. The number of imide groups is 1. The van der Waals surface area contributed by atoms with E-state index in [1.54, 1.807) is 6.07 Å². The number of halogens is 4. The van der Waals surface area contributed by atoms with Crippen molar-refractivity contribution in [1.82, 2.24) is 15.2 Å². The first kappa shape index (κ1) is 35.2. The van der Waals surface area contributed by atoms with Gasteiger partial charge >= 0.3 is 18.5 Å². The van der Waals surface area contributed by atoms with Crippen LogP contribution in [0.4, 0.5) is 34.1 Å². The number of rotatable bonds is 9. The fraction of sp³-hybridized carbons (Fsp3) is 0.250. The Kier molecular flexibility index (Phi) is 9.38. The van der Waals surface area contributed by atoms with E-state index >= 15 is 0 Å². The van der Waals surface area contributed by atoms with Crippen molar-refractivity contribution < 1.29 is 41.8 Å². The molecule has 1 unspecified atom stereocenters. The summed E-state index contributed by atoms with van der Waals surface area (Å²) in [5.41, 5.74) is 2.62. The molecule has 0 spiro atoms. The molecule has 11 nitrogen and oxygen atoms in total. The minimum Gasteiger partial charge on any atom is -0.449 e. The third-order valence-electron chi connectivity index (χ3n) is 8.73. The van der Waals surface area contributed by atoms with E-state index in [1.165, 1.54) is 37.9 Å². The Morgan fingerprint density at radius 2 is 1.63 bits per heavy atom. The minimum atomic E-state index is -5.14. The van der Waals surface area contributed by atoms with Crippen molar-refractivity contribution in [2.45, 2.75) is 51.2 Å². The third kappa shape index (κ3) is 7.17. The van der Waals surface area contributed by atoms with Crippen LogP contribution in [0.3, 0.4) is 0 Å². The van der Waals surface area contributed by atoms with Crippen LogP contribution >= 0.6 is 11.6 Å². The van der Waals surface area contributed by atoms with Gasteiger partial charge in [-0.3, -0.25) is 9.59 Å². The predicted octanol–water partition coefficient (Wildman–Crippen LogP) is 7.25. The molecule has 4 aromatic rings. The van der Waals surface area contributed by atoms with Crippen molar-refractivity contribution in [3.8, 4) is 16.9 Å². The molecular formula is C36H31ClF3N5O6. The first-order valence-electron chi connectivity index (χ1n) is 15.7. The maximum atomic E-state index is 13.6. The van der Waals surface area contributed by atoms with Gasteiger partial charge < -0.3 is 25.0 Å². The van der Waals surface area contributed by atoms with Gasteiger partial charge in [0.1, 0.15) is 23.3 Å². The van der Waals surface area contributed by atoms with E-state index in [-0.39, 0.29) is 29.9 Å². The SMILES string of the molecule is CC(NC(=O)OCC1c2ccccc2-c2ccccc21)C(=O)Nc1cc(N2C(=O)N(Cc3ccnc(Cl)c3)C(C)(C)C2=O)ccc1OC(F)(F)F. The monoisotopic (exact) mass is 721 g/mol. The van der Waals surface area contributed by atoms with Crippen LogP contribution in [0.15, 0.2) is 85.1 Å². The zero-order valence-corrected chi connectivity index (χ0v) is 28.2. The van der Waals surface area contributed by atoms with E-state index in [0.29, 0.717) is 5.56 Å². The van der Waals surface area contributed by atoms with Gasteiger partial charge in [-0.1, -0.05) is 60.1 Å². The van der Waals surface area contributed by atoms with Gasteiger partial charge in [-0.25, -0.2) is 19.5 Å². The molecule has 6 rings (SSSR count). The highest BCUT2D eigenvalue weighted by atomic mass is 35.5. The van der Waals surface area contributed by atoms with Gasteiger partial charge in [0.2, 0.25) is 5.91 Å². The molecule has 0 saturated carbocycles. The van der Waals surface area contributed by atoms with Crippen LogP contribution < -0.4 is 20.3 Å². The molecule has 1 atom stereocenters. The van der Waals surface area contributed by atoms with Gasteiger partial charge in [-0.05, 0) is 78.9 Å². The molecule has 1 aliphatic heterocycles. The number of aromatic nitrogens is 1. The van der Waals surface area contributed by atoms with Crippen molar-refractivity contribution in [2.24, 2.45) is 0 Å². The third-order valence-corrected chi connectivity index (χ3v) is 8.94. The molecule has 0 radical (unpaired) electrons. The number of carbonyl (C=O) groups is 4. The van der Waals surface area contributed by atoms with Gasteiger partial charge in [0.05, 0.1) is 11.4 Å². The number of carbonyl (C=O) groups excluding carboxylic acids is 4. The summed E-state index contributed by atoms with van der Waals surface area (Å²) in [6.45, 7) is 4.31. The second-order valence-corrected chi connectivity index (χ2v) is 12.9. The summed E-state index contributed by atoms with van der Waals surface area (Å²) >= 11 is 5.99. The summed E-state index contributed by atoms with van der Waals surface area (Å²) in [7, 11) is 0.